The van der Waals surface area contributed by atoms with Crippen LogP contribution in [-0.2, 0) is 11.2 Å². The number of nitrogens with zero attached hydrogens (tertiary/aromatic N) is 1. The number of nitrogens with one attached hydrogen (secondary N) is 3. The second-order valence-corrected chi connectivity index (χ2v) is 5.64. The van der Waals surface area contributed by atoms with Gasteiger partial charge in [0.1, 0.15) is 17.9 Å². The van der Waals surface area contributed by atoms with Gasteiger partial charge in [0.2, 0.25) is 0 Å². The van der Waals surface area contributed by atoms with E-state index in [2.05, 4.69) is 15.6 Å². The number of ether oxygens (including phenoxy) is 1. The molecule has 1 aromatic heterocycles. The second-order valence-electron chi connectivity index (χ2n) is 5.64. The minimum Gasteiger partial charge on any atom is -0.363 e. The van der Waals surface area contributed by atoms with Crippen molar-refractivity contribution in [2.75, 3.05) is 19.7 Å². The Balaban J connectivity index is 1.99. The van der Waals surface area contributed by atoms with Crippen LogP contribution in [0.4, 0.5) is 0 Å². The summed E-state index contributed by atoms with van der Waals surface area (Å²) < 4.78 is 5.78. The molecule has 6 nitrogen and oxygen atoms in total. The number of aromatic nitrogens is 1. The first-order valence-electron chi connectivity index (χ1n) is 7.85. The standard InChI is InChI=1S/C17H20N4O2/c1-2-23-16(20-11-9-19-10-11)7-13-12-5-3-4-6-15(12)21-17(22)14(13)8-18/h3-6,11,16,19-20H,2,7,9-10H2,1H3,(H,21,22). The van der Waals surface area contributed by atoms with Gasteiger partial charge in [-0.25, -0.2) is 0 Å². The van der Waals surface area contributed by atoms with Crippen LogP contribution in [0, 0.1) is 11.3 Å². The predicted octanol–water partition coefficient (Wildman–Crippen LogP) is 0.866. The van der Waals surface area contributed by atoms with Crippen LogP contribution in [0.15, 0.2) is 29.1 Å². The van der Waals surface area contributed by atoms with Gasteiger partial charge in [-0.2, -0.15) is 5.26 Å². The van der Waals surface area contributed by atoms with Crippen LogP contribution in [0.25, 0.3) is 10.9 Å². The summed E-state index contributed by atoms with van der Waals surface area (Å²) in [5.41, 5.74) is 1.31. The summed E-state index contributed by atoms with van der Waals surface area (Å²) in [5.74, 6) is 0. The highest BCUT2D eigenvalue weighted by atomic mass is 16.5. The number of nitriles is 1. The van der Waals surface area contributed by atoms with E-state index in [1.807, 2.05) is 37.3 Å². The van der Waals surface area contributed by atoms with Crippen LogP contribution in [0.2, 0.25) is 0 Å². The summed E-state index contributed by atoms with van der Waals surface area (Å²) in [6, 6.07) is 9.96. The number of hydrogen-bond donors (Lipinski definition) is 3. The van der Waals surface area contributed by atoms with Crippen molar-refractivity contribution in [2.24, 2.45) is 0 Å². The van der Waals surface area contributed by atoms with Crippen LogP contribution < -0.4 is 16.2 Å². The third kappa shape index (κ3) is 3.27. The van der Waals surface area contributed by atoms with Crippen molar-refractivity contribution < 1.29 is 4.74 Å². The molecule has 6 heteroatoms. The first-order chi connectivity index (χ1) is 11.2. The van der Waals surface area contributed by atoms with E-state index in [1.165, 1.54) is 0 Å². The molecule has 1 unspecified atom stereocenters. The van der Waals surface area contributed by atoms with Crippen molar-refractivity contribution >= 4 is 10.9 Å². The molecule has 1 atom stereocenters. The summed E-state index contributed by atoms with van der Waals surface area (Å²) in [6.07, 6.45) is 0.266. The monoisotopic (exact) mass is 312 g/mol. The maximum atomic E-state index is 12.2. The van der Waals surface area contributed by atoms with Crippen LogP contribution in [0.3, 0.4) is 0 Å². The van der Waals surface area contributed by atoms with Gasteiger partial charge in [0.15, 0.2) is 0 Å². The third-order valence-corrected chi connectivity index (χ3v) is 4.10. The quantitative estimate of drug-likeness (QED) is 0.689. The van der Waals surface area contributed by atoms with E-state index in [0.717, 1.165) is 29.6 Å². The average Bonchev–Trinajstić information content (AvgIpc) is 2.51. The maximum Gasteiger partial charge on any atom is 0.266 e. The smallest absolute Gasteiger partial charge is 0.266 e. The summed E-state index contributed by atoms with van der Waals surface area (Å²) in [4.78, 5) is 14.9. The van der Waals surface area contributed by atoms with Crippen LogP contribution in [0.1, 0.15) is 18.1 Å². The minimum absolute atomic E-state index is 0.168. The number of rotatable bonds is 6. The number of benzene rings is 1. The van der Waals surface area contributed by atoms with E-state index in [1.54, 1.807) is 0 Å². The van der Waals surface area contributed by atoms with Crippen LogP contribution in [0.5, 0.6) is 0 Å². The molecule has 0 aliphatic carbocycles. The molecule has 1 aliphatic rings. The predicted molar refractivity (Wildman–Crippen MR) is 88.2 cm³/mol. The lowest BCUT2D eigenvalue weighted by Gasteiger charge is -2.32. The zero-order valence-electron chi connectivity index (χ0n) is 13.1. The van der Waals surface area contributed by atoms with Gasteiger partial charge in [0.05, 0.1) is 0 Å². The second kappa shape index (κ2) is 6.92. The lowest BCUT2D eigenvalue weighted by Crippen LogP contribution is -2.58. The fourth-order valence-electron chi connectivity index (χ4n) is 2.86. The van der Waals surface area contributed by atoms with Crippen molar-refractivity contribution in [1.29, 1.82) is 5.26 Å². The molecule has 0 saturated carbocycles. The van der Waals surface area contributed by atoms with Gasteiger partial charge >= 0.3 is 0 Å². The number of pyridine rings is 1. The minimum atomic E-state index is -0.346. The summed E-state index contributed by atoms with van der Waals surface area (Å²) in [7, 11) is 0. The highest BCUT2D eigenvalue weighted by molar-refractivity contribution is 5.83. The molecule has 1 aromatic carbocycles. The molecule has 0 amide bonds. The van der Waals surface area contributed by atoms with Crippen LogP contribution in [-0.4, -0.2) is 37.0 Å². The Bertz CT molecular complexity index is 789. The number of aromatic amines is 1. The fourth-order valence-corrected chi connectivity index (χ4v) is 2.86. The maximum absolute atomic E-state index is 12.2. The Morgan fingerprint density at radius 1 is 1.43 bits per heavy atom. The van der Waals surface area contributed by atoms with E-state index in [-0.39, 0.29) is 17.4 Å². The van der Waals surface area contributed by atoms with Gasteiger partial charge in [-0.15, -0.1) is 0 Å². The van der Waals surface area contributed by atoms with Gasteiger partial charge < -0.3 is 15.0 Å². The Labute approximate surface area is 134 Å². The van der Waals surface area contributed by atoms with Gasteiger partial charge in [-0.05, 0) is 18.6 Å². The molecular weight excluding hydrogens is 292 g/mol. The highest BCUT2D eigenvalue weighted by Gasteiger charge is 2.23. The Kier molecular flexibility index (Phi) is 4.72. The van der Waals surface area contributed by atoms with Gasteiger partial charge in [0, 0.05) is 43.1 Å². The van der Waals surface area contributed by atoms with E-state index in [0.29, 0.717) is 19.1 Å². The molecule has 1 aliphatic heterocycles. The van der Waals surface area contributed by atoms with E-state index < -0.39 is 0 Å². The molecular formula is C17H20N4O2. The van der Waals surface area contributed by atoms with Crippen molar-refractivity contribution in [1.82, 2.24) is 15.6 Å². The topological polar surface area (TPSA) is 89.9 Å². The number of hydrogen-bond acceptors (Lipinski definition) is 5. The molecule has 0 bridgehead atoms. The van der Waals surface area contributed by atoms with Gasteiger partial charge in [0.25, 0.3) is 5.56 Å². The molecule has 23 heavy (non-hydrogen) atoms. The van der Waals surface area contributed by atoms with Crippen molar-refractivity contribution in [3.8, 4) is 6.07 Å². The molecule has 1 saturated heterocycles. The van der Waals surface area contributed by atoms with E-state index in [4.69, 9.17) is 4.74 Å². The number of H-pyrrole nitrogens is 1. The SMILES string of the molecule is CCOC(Cc1c(C#N)c(=O)[nH]c2ccccc12)NC1CNC1. The Hall–Kier alpha value is -2.20. The summed E-state index contributed by atoms with van der Waals surface area (Å²) in [5, 5.41) is 16.9. The van der Waals surface area contributed by atoms with Gasteiger partial charge in [-0.3, -0.25) is 10.1 Å². The van der Waals surface area contributed by atoms with Gasteiger partial charge in [-0.1, -0.05) is 18.2 Å². The van der Waals surface area contributed by atoms with Crippen molar-refractivity contribution in [2.45, 2.75) is 25.6 Å². The average molecular weight is 312 g/mol. The highest BCUT2D eigenvalue weighted by Crippen LogP contribution is 2.20. The van der Waals surface area contributed by atoms with Crippen molar-refractivity contribution in [3.63, 3.8) is 0 Å². The molecule has 3 N–H and O–H groups in total. The zero-order chi connectivity index (χ0) is 16.2. The Morgan fingerprint density at radius 3 is 2.87 bits per heavy atom. The Morgan fingerprint density at radius 2 is 2.22 bits per heavy atom. The van der Waals surface area contributed by atoms with Crippen LogP contribution >= 0.6 is 0 Å². The first-order valence-corrected chi connectivity index (χ1v) is 7.85. The number of para-hydroxylation sites is 1. The number of fused-ring (bicyclic) bond motifs is 1. The summed E-state index contributed by atoms with van der Waals surface area (Å²) >= 11 is 0. The molecule has 120 valence electrons. The lowest BCUT2D eigenvalue weighted by molar-refractivity contribution is 0.0246. The molecule has 2 heterocycles. The summed E-state index contributed by atoms with van der Waals surface area (Å²) in [6.45, 7) is 4.32. The van der Waals surface area contributed by atoms with Crippen molar-refractivity contribution in [3.05, 3.63) is 45.7 Å². The molecule has 0 radical (unpaired) electrons. The molecule has 3 rings (SSSR count). The lowest BCUT2D eigenvalue weighted by atomic mass is 9.99. The normalized spacial score (nSPS) is 16.0. The molecule has 0 spiro atoms. The zero-order valence-corrected chi connectivity index (χ0v) is 13.1. The largest absolute Gasteiger partial charge is 0.363 e. The van der Waals surface area contributed by atoms with E-state index in [9.17, 15) is 10.1 Å². The third-order valence-electron chi connectivity index (χ3n) is 4.10. The molecule has 1 fully saturated rings. The fraction of sp³-hybridized carbons (Fsp3) is 0.412. The van der Waals surface area contributed by atoms with E-state index >= 15 is 0 Å². The first kappa shape index (κ1) is 15.7. The molecule has 2 aromatic rings.